The third-order valence-corrected chi connectivity index (χ3v) is 2.69. The maximum Gasteiger partial charge on any atom is 0.407 e. The molecule has 3 N–H and O–H groups in total. The lowest BCUT2D eigenvalue weighted by Crippen LogP contribution is -2.32. The van der Waals surface area contributed by atoms with Crippen LogP contribution < -0.4 is 11.1 Å². The van der Waals surface area contributed by atoms with Gasteiger partial charge in [-0.25, -0.2) is 4.79 Å². The number of nitrogens with one attached hydrogen (secondary N) is 1. The summed E-state index contributed by atoms with van der Waals surface area (Å²) in [6, 6.07) is 5.83. The summed E-state index contributed by atoms with van der Waals surface area (Å²) < 4.78 is 5.15. The molecule has 0 saturated carbocycles. The monoisotopic (exact) mass is 276 g/mol. The van der Waals surface area contributed by atoms with Crippen LogP contribution in [-0.2, 0) is 4.74 Å². The van der Waals surface area contributed by atoms with E-state index in [1.807, 2.05) is 58.0 Å². The van der Waals surface area contributed by atoms with E-state index in [2.05, 4.69) is 5.32 Å². The fourth-order valence-electron chi connectivity index (χ4n) is 1.63. The molecule has 0 bridgehead atoms. The molecule has 0 atom stereocenters. The Morgan fingerprint density at radius 3 is 2.75 bits per heavy atom. The minimum absolute atomic E-state index is 0.383. The lowest BCUT2D eigenvalue weighted by molar-refractivity contribution is 0.0529. The Labute approximate surface area is 121 Å². The Balaban J connectivity index is 2.36. The molecule has 1 rings (SSSR count). The van der Waals surface area contributed by atoms with E-state index in [-0.39, 0.29) is 6.09 Å². The Morgan fingerprint density at radius 2 is 2.10 bits per heavy atom. The van der Waals surface area contributed by atoms with Crippen molar-refractivity contribution in [2.45, 2.75) is 39.7 Å². The van der Waals surface area contributed by atoms with Crippen molar-refractivity contribution in [1.29, 1.82) is 0 Å². The van der Waals surface area contributed by atoms with Crippen molar-refractivity contribution in [2.75, 3.05) is 12.3 Å². The van der Waals surface area contributed by atoms with Gasteiger partial charge in [0.2, 0.25) is 0 Å². The fourth-order valence-corrected chi connectivity index (χ4v) is 1.63. The molecule has 0 aliphatic carbocycles. The average Bonchev–Trinajstić information content (AvgIpc) is 2.31. The Hall–Kier alpha value is -1.97. The van der Waals surface area contributed by atoms with Gasteiger partial charge in [0, 0.05) is 12.2 Å². The topological polar surface area (TPSA) is 64.3 Å². The second-order valence-electron chi connectivity index (χ2n) is 5.68. The summed E-state index contributed by atoms with van der Waals surface area (Å²) in [4.78, 5) is 11.4. The number of nitrogens with two attached hydrogens (primary N) is 1. The highest BCUT2D eigenvalue weighted by atomic mass is 16.6. The first-order chi connectivity index (χ1) is 9.29. The zero-order valence-electron chi connectivity index (χ0n) is 12.7. The van der Waals surface area contributed by atoms with Crippen LogP contribution in [0.5, 0.6) is 0 Å². The third kappa shape index (κ3) is 5.78. The van der Waals surface area contributed by atoms with Gasteiger partial charge in [-0.3, -0.25) is 0 Å². The summed E-state index contributed by atoms with van der Waals surface area (Å²) in [6.07, 6.45) is 4.39. The molecule has 1 amide bonds. The lowest BCUT2D eigenvalue weighted by Gasteiger charge is -2.19. The molecule has 1 aromatic carbocycles. The zero-order valence-corrected chi connectivity index (χ0v) is 12.7. The summed E-state index contributed by atoms with van der Waals surface area (Å²) in [6.45, 7) is 8.07. The second-order valence-corrected chi connectivity index (χ2v) is 5.68. The smallest absolute Gasteiger partial charge is 0.407 e. The van der Waals surface area contributed by atoms with Crippen molar-refractivity contribution in [1.82, 2.24) is 5.32 Å². The van der Waals surface area contributed by atoms with E-state index in [1.165, 1.54) is 0 Å². The first-order valence-electron chi connectivity index (χ1n) is 6.78. The largest absolute Gasteiger partial charge is 0.444 e. The number of ether oxygens (including phenoxy) is 1. The number of benzene rings is 1. The second kappa shape index (κ2) is 6.98. The molecule has 1 aromatic rings. The van der Waals surface area contributed by atoms with E-state index < -0.39 is 5.60 Å². The molecule has 4 heteroatoms. The standard InChI is InChI=1S/C16H24N2O2/c1-12-13(9-7-10-14(12)17)8-5-6-11-18-15(19)20-16(2,3)4/h5,7-10H,6,11,17H2,1-4H3,(H,18,19). The molecule has 0 radical (unpaired) electrons. The molecule has 0 saturated heterocycles. The van der Waals surface area contributed by atoms with E-state index in [1.54, 1.807) is 0 Å². The van der Waals surface area contributed by atoms with Gasteiger partial charge in [0.1, 0.15) is 5.60 Å². The van der Waals surface area contributed by atoms with Crippen LogP contribution in [0.4, 0.5) is 10.5 Å². The normalized spacial score (nSPS) is 11.6. The predicted octanol–water partition coefficient (Wildman–Crippen LogP) is 3.51. The highest BCUT2D eigenvalue weighted by molar-refractivity contribution is 5.67. The van der Waals surface area contributed by atoms with Crippen LogP contribution in [-0.4, -0.2) is 18.2 Å². The van der Waals surface area contributed by atoms with Crippen molar-refractivity contribution in [2.24, 2.45) is 0 Å². The first kappa shape index (κ1) is 16.1. The molecule has 0 aliphatic heterocycles. The maximum absolute atomic E-state index is 11.4. The number of hydrogen-bond donors (Lipinski definition) is 2. The molecule has 0 spiro atoms. The number of alkyl carbamates (subject to hydrolysis) is 1. The van der Waals surface area contributed by atoms with Crippen LogP contribution in [0.15, 0.2) is 24.3 Å². The van der Waals surface area contributed by atoms with E-state index >= 15 is 0 Å². The number of amides is 1. The average molecular weight is 276 g/mol. The van der Waals surface area contributed by atoms with Gasteiger partial charge >= 0.3 is 6.09 Å². The third-order valence-electron chi connectivity index (χ3n) is 2.69. The summed E-state index contributed by atoms with van der Waals surface area (Å²) in [5.74, 6) is 0. The van der Waals surface area contributed by atoms with Crippen LogP contribution in [0, 0.1) is 6.92 Å². The summed E-state index contributed by atoms with van der Waals surface area (Å²) in [5.41, 5.74) is 8.35. The molecule has 110 valence electrons. The van der Waals surface area contributed by atoms with Crippen LogP contribution >= 0.6 is 0 Å². The molecule has 0 unspecified atom stereocenters. The molecule has 0 heterocycles. The van der Waals surface area contributed by atoms with Crippen molar-refractivity contribution in [3.8, 4) is 0 Å². The van der Waals surface area contributed by atoms with Gasteiger partial charge < -0.3 is 15.8 Å². The number of carbonyl (C=O) groups is 1. The lowest BCUT2D eigenvalue weighted by atomic mass is 10.1. The minimum Gasteiger partial charge on any atom is -0.444 e. The zero-order chi connectivity index (χ0) is 15.2. The van der Waals surface area contributed by atoms with Gasteiger partial charge in [0.25, 0.3) is 0 Å². The predicted molar refractivity (Wildman–Crippen MR) is 83.5 cm³/mol. The van der Waals surface area contributed by atoms with Gasteiger partial charge in [0.05, 0.1) is 0 Å². The van der Waals surface area contributed by atoms with Crippen LogP contribution in [0.3, 0.4) is 0 Å². The van der Waals surface area contributed by atoms with Gasteiger partial charge in [-0.05, 0) is 51.3 Å². The number of rotatable bonds is 4. The van der Waals surface area contributed by atoms with Crippen molar-refractivity contribution in [3.05, 3.63) is 35.4 Å². The van der Waals surface area contributed by atoms with Crippen LogP contribution in [0.1, 0.15) is 38.3 Å². The van der Waals surface area contributed by atoms with E-state index in [4.69, 9.17) is 10.5 Å². The molecule has 4 nitrogen and oxygen atoms in total. The van der Waals surface area contributed by atoms with Crippen LogP contribution in [0.2, 0.25) is 0 Å². The van der Waals surface area contributed by atoms with Crippen molar-refractivity contribution >= 4 is 17.9 Å². The quantitative estimate of drug-likeness (QED) is 0.653. The van der Waals surface area contributed by atoms with Gasteiger partial charge in [-0.15, -0.1) is 0 Å². The van der Waals surface area contributed by atoms with Gasteiger partial charge in [-0.1, -0.05) is 24.3 Å². The Bertz CT molecular complexity index is 488. The van der Waals surface area contributed by atoms with Gasteiger partial charge in [0.15, 0.2) is 0 Å². The molecule has 0 aromatic heterocycles. The number of carbonyl (C=O) groups excluding carboxylic acids is 1. The SMILES string of the molecule is Cc1c(N)cccc1C=CCCNC(=O)OC(C)(C)C. The first-order valence-corrected chi connectivity index (χ1v) is 6.78. The van der Waals surface area contributed by atoms with Crippen LogP contribution in [0.25, 0.3) is 6.08 Å². The minimum atomic E-state index is -0.460. The molecular weight excluding hydrogens is 252 g/mol. The van der Waals surface area contributed by atoms with E-state index in [0.717, 1.165) is 23.2 Å². The van der Waals surface area contributed by atoms with Crippen molar-refractivity contribution in [3.63, 3.8) is 0 Å². The highest BCUT2D eigenvalue weighted by Gasteiger charge is 2.15. The molecule has 20 heavy (non-hydrogen) atoms. The van der Waals surface area contributed by atoms with Crippen molar-refractivity contribution < 1.29 is 9.53 Å². The Morgan fingerprint density at radius 1 is 1.40 bits per heavy atom. The fraction of sp³-hybridized carbons (Fsp3) is 0.438. The van der Waals surface area contributed by atoms with E-state index in [9.17, 15) is 4.79 Å². The van der Waals surface area contributed by atoms with E-state index in [0.29, 0.717) is 6.54 Å². The molecule has 0 fully saturated rings. The maximum atomic E-state index is 11.4. The number of hydrogen-bond acceptors (Lipinski definition) is 3. The summed E-state index contributed by atoms with van der Waals surface area (Å²) in [7, 11) is 0. The summed E-state index contributed by atoms with van der Waals surface area (Å²) >= 11 is 0. The number of nitrogen functional groups attached to an aromatic ring is 1. The van der Waals surface area contributed by atoms with Gasteiger partial charge in [-0.2, -0.15) is 0 Å². The number of anilines is 1. The highest BCUT2D eigenvalue weighted by Crippen LogP contribution is 2.16. The summed E-state index contributed by atoms with van der Waals surface area (Å²) in [5, 5.41) is 2.71. The Kier molecular flexibility index (Phi) is 5.62. The molecular formula is C16H24N2O2. The molecule has 0 aliphatic rings.